The molecule has 1 aliphatic rings. The van der Waals surface area contributed by atoms with Crippen LogP contribution in [-0.2, 0) is 5.41 Å². The lowest BCUT2D eigenvalue weighted by molar-refractivity contribution is -0.183. The number of carbonyl (C=O) groups is 1. The van der Waals surface area contributed by atoms with E-state index in [9.17, 15) is 18.0 Å². The molecule has 1 amide bonds. The molecular weight excluding hydrogens is 436 g/mol. The summed E-state index contributed by atoms with van der Waals surface area (Å²) < 4.78 is 42.5. The molecule has 0 aromatic heterocycles. The van der Waals surface area contributed by atoms with Gasteiger partial charge in [-0.05, 0) is 47.9 Å². The molecule has 0 fully saturated rings. The molecule has 0 bridgehead atoms. The summed E-state index contributed by atoms with van der Waals surface area (Å²) in [7, 11) is 0. The Bertz CT molecular complexity index is 981. The first-order valence-corrected chi connectivity index (χ1v) is 9.25. The van der Waals surface area contributed by atoms with Gasteiger partial charge in [-0.25, -0.2) is 0 Å². The minimum Gasteiger partial charge on any atom is -0.366 e. The number of alkyl halides is 3. The van der Waals surface area contributed by atoms with Crippen LogP contribution in [0.4, 0.5) is 13.2 Å². The summed E-state index contributed by atoms with van der Waals surface area (Å²) in [6.45, 7) is 1.16. The third-order valence-electron chi connectivity index (χ3n) is 4.91. The monoisotopic (exact) mass is 448 g/mol. The summed E-state index contributed by atoms with van der Waals surface area (Å²) in [4.78, 5) is 15.5. The zero-order valence-corrected chi connectivity index (χ0v) is 16.8. The van der Waals surface area contributed by atoms with Crippen molar-refractivity contribution in [2.24, 2.45) is 10.7 Å². The van der Waals surface area contributed by atoms with Gasteiger partial charge in [-0.2, -0.15) is 13.2 Å². The zero-order valence-electron chi connectivity index (χ0n) is 14.5. The first-order chi connectivity index (χ1) is 13.0. The van der Waals surface area contributed by atoms with Gasteiger partial charge in [-0.3, -0.25) is 9.79 Å². The Labute approximate surface area is 174 Å². The van der Waals surface area contributed by atoms with Crippen molar-refractivity contribution in [3.63, 3.8) is 0 Å². The summed E-state index contributed by atoms with van der Waals surface area (Å²) in [6.07, 6.45) is -4.99. The van der Waals surface area contributed by atoms with Gasteiger partial charge in [0.05, 0.1) is 21.6 Å². The van der Waals surface area contributed by atoms with Crippen LogP contribution in [0.3, 0.4) is 0 Å². The Kier molecular flexibility index (Phi) is 5.42. The van der Waals surface area contributed by atoms with Gasteiger partial charge in [0.1, 0.15) is 5.41 Å². The molecule has 0 radical (unpaired) electrons. The molecule has 3 nitrogen and oxygen atoms in total. The fourth-order valence-corrected chi connectivity index (χ4v) is 3.92. The average molecular weight is 450 g/mol. The maximum absolute atomic E-state index is 14.2. The number of hydrogen-bond acceptors (Lipinski definition) is 2. The number of carbonyl (C=O) groups excluding carboxylic acids is 1. The molecule has 0 saturated heterocycles. The van der Waals surface area contributed by atoms with Crippen LogP contribution in [0.2, 0.25) is 15.1 Å². The molecule has 0 spiro atoms. The Balaban J connectivity index is 2.04. The highest BCUT2D eigenvalue weighted by Crippen LogP contribution is 2.49. The van der Waals surface area contributed by atoms with Gasteiger partial charge in [0.2, 0.25) is 5.91 Å². The van der Waals surface area contributed by atoms with Gasteiger partial charge in [0.25, 0.3) is 0 Å². The summed E-state index contributed by atoms with van der Waals surface area (Å²) >= 11 is 17.8. The number of hydrogen-bond donors (Lipinski definition) is 1. The highest BCUT2D eigenvalue weighted by Gasteiger charge is 2.58. The van der Waals surface area contributed by atoms with Crippen LogP contribution < -0.4 is 5.73 Å². The van der Waals surface area contributed by atoms with E-state index < -0.39 is 24.0 Å². The largest absolute Gasteiger partial charge is 0.400 e. The standard InChI is InChI=1S/C19H14Cl3F3N2O/c1-9-4-10(2-3-12(9)17(26)28)15-7-18(8-27-15,19(23,24)25)11-5-13(20)16(22)14(21)6-11/h2-6H,7-8H2,1H3,(H2,26,28). The lowest BCUT2D eigenvalue weighted by Gasteiger charge is -2.32. The topological polar surface area (TPSA) is 55.4 Å². The molecule has 1 aliphatic heterocycles. The molecule has 2 aromatic carbocycles. The first-order valence-electron chi connectivity index (χ1n) is 8.12. The second-order valence-electron chi connectivity index (χ2n) is 6.67. The molecule has 1 heterocycles. The number of amides is 1. The number of rotatable bonds is 3. The first kappa shape index (κ1) is 21.0. The molecular formula is C19H14Cl3F3N2O. The molecule has 2 aromatic rings. The molecule has 148 valence electrons. The number of nitrogens with zero attached hydrogens (tertiary/aromatic N) is 1. The summed E-state index contributed by atoms with van der Waals surface area (Å²) in [6, 6.07) is 7.00. The predicted molar refractivity (Wildman–Crippen MR) is 105 cm³/mol. The number of aryl methyl sites for hydroxylation is 1. The van der Waals surface area contributed by atoms with Crippen LogP contribution in [0.25, 0.3) is 0 Å². The Morgan fingerprint density at radius 1 is 1.14 bits per heavy atom. The summed E-state index contributed by atoms with van der Waals surface area (Å²) in [5.74, 6) is -0.604. The van der Waals surface area contributed by atoms with Gasteiger partial charge in [0.15, 0.2) is 0 Å². The highest BCUT2D eigenvalue weighted by molar-refractivity contribution is 6.48. The molecule has 28 heavy (non-hydrogen) atoms. The Morgan fingerprint density at radius 3 is 2.25 bits per heavy atom. The van der Waals surface area contributed by atoms with Gasteiger partial charge < -0.3 is 5.73 Å². The number of aliphatic imine (C=N–C) groups is 1. The van der Waals surface area contributed by atoms with E-state index >= 15 is 0 Å². The Morgan fingerprint density at radius 2 is 1.75 bits per heavy atom. The van der Waals surface area contributed by atoms with Crippen LogP contribution in [-0.4, -0.2) is 24.3 Å². The molecule has 1 atom stereocenters. The lowest BCUT2D eigenvalue weighted by Crippen LogP contribution is -2.43. The van der Waals surface area contributed by atoms with Crippen LogP contribution >= 0.6 is 34.8 Å². The highest BCUT2D eigenvalue weighted by atomic mass is 35.5. The lowest BCUT2D eigenvalue weighted by atomic mass is 9.76. The quantitative estimate of drug-likeness (QED) is 0.596. The zero-order chi connectivity index (χ0) is 20.9. The smallest absolute Gasteiger partial charge is 0.366 e. The molecule has 9 heteroatoms. The second kappa shape index (κ2) is 7.25. The van der Waals surface area contributed by atoms with Crippen molar-refractivity contribution >= 4 is 46.4 Å². The maximum Gasteiger partial charge on any atom is 0.400 e. The van der Waals surface area contributed by atoms with E-state index in [1.165, 1.54) is 18.2 Å². The van der Waals surface area contributed by atoms with Crippen molar-refractivity contribution in [2.45, 2.75) is 24.9 Å². The SMILES string of the molecule is Cc1cc(C2=NCC(c3cc(Cl)c(Cl)c(Cl)c3)(C(F)(F)F)C2)ccc1C(N)=O. The number of nitrogens with two attached hydrogens (primary N) is 1. The summed E-state index contributed by atoms with van der Waals surface area (Å²) in [5.41, 5.74) is 4.57. The molecule has 1 unspecified atom stereocenters. The number of halogens is 6. The van der Waals surface area contributed by atoms with Crippen LogP contribution in [0.1, 0.15) is 33.5 Å². The van der Waals surface area contributed by atoms with E-state index in [2.05, 4.69) is 4.99 Å². The number of benzene rings is 2. The van der Waals surface area contributed by atoms with Crippen molar-refractivity contribution in [1.82, 2.24) is 0 Å². The third-order valence-corrected chi connectivity index (χ3v) is 6.11. The van der Waals surface area contributed by atoms with E-state index in [1.807, 2.05) is 0 Å². The molecule has 0 aliphatic carbocycles. The predicted octanol–water partition coefficient (Wildman–Crippen LogP) is 5.75. The minimum atomic E-state index is -4.60. The normalized spacial score (nSPS) is 19.6. The van der Waals surface area contributed by atoms with Gasteiger partial charge >= 0.3 is 6.18 Å². The van der Waals surface area contributed by atoms with Crippen molar-refractivity contribution in [1.29, 1.82) is 0 Å². The van der Waals surface area contributed by atoms with Gasteiger partial charge in [-0.15, -0.1) is 0 Å². The fourth-order valence-electron chi connectivity index (χ4n) is 3.32. The van der Waals surface area contributed by atoms with Gasteiger partial charge in [-0.1, -0.05) is 40.9 Å². The number of primary amides is 1. The molecule has 2 N–H and O–H groups in total. The minimum absolute atomic E-state index is 0.00112. The maximum atomic E-state index is 14.2. The Hall–Kier alpha value is -1.76. The van der Waals surface area contributed by atoms with Crippen molar-refractivity contribution in [2.75, 3.05) is 6.54 Å². The van der Waals surface area contributed by atoms with Crippen molar-refractivity contribution < 1.29 is 18.0 Å². The van der Waals surface area contributed by atoms with Crippen molar-refractivity contribution in [3.05, 3.63) is 67.7 Å². The fraction of sp³-hybridized carbons (Fsp3) is 0.263. The van der Waals surface area contributed by atoms with Crippen LogP contribution in [0.15, 0.2) is 35.3 Å². The average Bonchev–Trinajstić information content (AvgIpc) is 3.05. The molecule has 3 rings (SSSR count). The van der Waals surface area contributed by atoms with E-state index in [0.717, 1.165) is 0 Å². The van der Waals surface area contributed by atoms with Gasteiger partial charge in [0, 0.05) is 17.7 Å². The van der Waals surface area contributed by atoms with E-state index in [0.29, 0.717) is 16.7 Å². The van der Waals surface area contributed by atoms with Crippen molar-refractivity contribution in [3.8, 4) is 0 Å². The third kappa shape index (κ3) is 3.49. The van der Waals surface area contributed by atoms with E-state index in [1.54, 1.807) is 19.1 Å². The van der Waals surface area contributed by atoms with E-state index in [4.69, 9.17) is 40.5 Å². The molecule has 0 saturated carbocycles. The van der Waals surface area contributed by atoms with Crippen LogP contribution in [0, 0.1) is 6.92 Å². The summed E-state index contributed by atoms with van der Waals surface area (Å²) in [5, 5.41) is -0.105. The van der Waals surface area contributed by atoms with Crippen LogP contribution in [0.5, 0.6) is 0 Å². The second-order valence-corrected chi connectivity index (χ2v) is 7.86. The van der Waals surface area contributed by atoms with E-state index in [-0.39, 0.29) is 32.8 Å².